The molecule has 0 aliphatic heterocycles. The normalized spacial score (nSPS) is 10.3. The first-order valence-electron chi connectivity index (χ1n) is 5.72. The summed E-state index contributed by atoms with van der Waals surface area (Å²) in [4.78, 5) is 21.7. The molecular formula is C13H16FNO3S. The zero-order valence-corrected chi connectivity index (χ0v) is 11.6. The largest absolute Gasteiger partial charge is 0.481 e. The third-order valence-corrected chi connectivity index (χ3v) is 3.36. The predicted molar refractivity (Wildman–Crippen MR) is 72.7 cm³/mol. The molecule has 0 atom stereocenters. The lowest BCUT2D eigenvalue weighted by molar-refractivity contribution is -0.133. The number of aliphatic carboxylic acids is 1. The summed E-state index contributed by atoms with van der Waals surface area (Å²) in [6.07, 6.45) is 0. The van der Waals surface area contributed by atoms with Crippen LogP contribution in [0, 0.1) is 19.7 Å². The summed E-state index contributed by atoms with van der Waals surface area (Å²) in [5.41, 5.74) is 1.92. The Morgan fingerprint density at radius 3 is 2.37 bits per heavy atom. The van der Waals surface area contributed by atoms with Gasteiger partial charge in [-0.3, -0.25) is 9.59 Å². The first-order chi connectivity index (χ1) is 8.90. The van der Waals surface area contributed by atoms with Gasteiger partial charge in [-0.15, -0.1) is 11.8 Å². The van der Waals surface area contributed by atoms with E-state index in [1.54, 1.807) is 26.0 Å². The van der Waals surface area contributed by atoms with Crippen LogP contribution in [0.3, 0.4) is 0 Å². The summed E-state index contributed by atoms with van der Waals surface area (Å²) in [5.74, 6) is -1.39. The number of benzene rings is 1. The fraction of sp³-hybridized carbons (Fsp3) is 0.385. The van der Waals surface area contributed by atoms with Crippen LogP contribution in [0.25, 0.3) is 0 Å². The first kappa shape index (κ1) is 15.5. The Labute approximate surface area is 115 Å². The molecule has 0 fully saturated rings. The molecule has 0 aromatic heterocycles. The number of carboxylic acids is 1. The quantitative estimate of drug-likeness (QED) is 0.837. The van der Waals surface area contributed by atoms with Crippen LogP contribution >= 0.6 is 11.8 Å². The topological polar surface area (TPSA) is 66.4 Å². The summed E-state index contributed by atoms with van der Waals surface area (Å²) in [6.45, 7) is 3.67. The third kappa shape index (κ3) is 5.30. The van der Waals surface area contributed by atoms with E-state index in [0.717, 1.165) is 17.3 Å². The second-order valence-corrected chi connectivity index (χ2v) is 5.19. The van der Waals surface area contributed by atoms with Crippen molar-refractivity contribution in [3.8, 4) is 0 Å². The molecule has 0 heterocycles. The Morgan fingerprint density at radius 2 is 1.84 bits per heavy atom. The van der Waals surface area contributed by atoms with Gasteiger partial charge in [-0.25, -0.2) is 4.39 Å². The standard InChI is InChI=1S/C13H16FNO3S/c1-8-3-10(4-9(2)13(8)14)5-15-11(16)6-19-7-12(17)18/h3-4H,5-7H2,1-2H3,(H,15,16)(H,17,18). The molecule has 1 amide bonds. The van der Waals surface area contributed by atoms with E-state index in [-0.39, 0.29) is 23.2 Å². The third-order valence-electron chi connectivity index (χ3n) is 2.44. The summed E-state index contributed by atoms with van der Waals surface area (Å²) >= 11 is 1.04. The fourth-order valence-corrected chi connectivity index (χ4v) is 2.18. The number of carbonyl (C=O) groups excluding carboxylic acids is 1. The van der Waals surface area contributed by atoms with Crippen LogP contribution in [-0.2, 0) is 16.1 Å². The van der Waals surface area contributed by atoms with Crippen LogP contribution in [0.1, 0.15) is 16.7 Å². The van der Waals surface area contributed by atoms with Crippen LogP contribution in [0.2, 0.25) is 0 Å². The van der Waals surface area contributed by atoms with E-state index in [1.807, 2.05) is 0 Å². The second kappa shape index (κ2) is 7.13. The Kier molecular flexibility index (Phi) is 5.82. The summed E-state index contributed by atoms with van der Waals surface area (Å²) in [7, 11) is 0. The zero-order valence-electron chi connectivity index (χ0n) is 10.8. The van der Waals surface area contributed by atoms with Gasteiger partial charge < -0.3 is 10.4 Å². The molecule has 6 heteroatoms. The van der Waals surface area contributed by atoms with Gasteiger partial charge in [0.25, 0.3) is 0 Å². The second-order valence-electron chi connectivity index (χ2n) is 4.21. The van der Waals surface area contributed by atoms with Gasteiger partial charge in [-0.1, -0.05) is 12.1 Å². The molecule has 0 bridgehead atoms. The minimum absolute atomic E-state index is 0.0951. The van der Waals surface area contributed by atoms with Crippen molar-refractivity contribution in [3.05, 3.63) is 34.6 Å². The SMILES string of the molecule is Cc1cc(CNC(=O)CSCC(=O)O)cc(C)c1F. The number of carboxylic acid groups (broad SMARTS) is 1. The molecule has 0 saturated carbocycles. The van der Waals surface area contributed by atoms with E-state index in [1.165, 1.54) is 0 Å². The van der Waals surface area contributed by atoms with Crippen LogP contribution in [0.15, 0.2) is 12.1 Å². The van der Waals surface area contributed by atoms with E-state index < -0.39 is 5.97 Å². The van der Waals surface area contributed by atoms with Crippen molar-refractivity contribution in [2.24, 2.45) is 0 Å². The van der Waals surface area contributed by atoms with Crippen molar-refractivity contribution in [1.29, 1.82) is 0 Å². The van der Waals surface area contributed by atoms with Crippen LogP contribution in [-0.4, -0.2) is 28.5 Å². The number of hydrogen-bond acceptors (Lipinski definition) is 3. The highest BCUT2D eigenvalue weighted by Gasteiger charge is 2.07. The van der Waals surface area contributed by atoms with Crippen molar-refractivity contribution >= 4 is 23.6 Å². The van der Waals surface area contributed by atoms with Gasteiger partial charge in [0.15, 0.2) is 0 Å². The van der Waals surface area contributed by atoms with Crippen LogP contribution < -0.4 is 5.32 Å². The van der Waals surface area contributed by atoms with Crippen molar-refractivity contribution in [2.45, 2.75) is 20.4 Å². The highest BCUT2D eigenvalue weighted by Crippen LogP contribution is 2.14. The summed E-state index contributed by atoms with van der Waals surface area (Å²) < 4.78 is 13.4. The summed E-state index contributed by atoms with van der Waals surface area (Å²) in [6, 6.07) is 3.38. The molecule has 0 saturated heterocycles. The lowest BCUT2D eigenvalue weighted by atomic mass is 10.1. The maximum absolute atomic E-state index is 13.4. The molecule has 4 nitrogen and oxygen atoms in total. The van der Waals surface area contributed by atoms with E-state index in [4.69, 9.17) is 5.11 Å². The van der Waals surface area contributed by atoms with Gasteiger partial charge in [0.1, 0.15) is 5.82 Å². The molecule has 2 N–H and O–H groups in total. The molecule has 0 unspecified atom stereocenters. The predicted octanol–water partition coefficient (Wildman–Crippen LogP) is 1.88. The van der Waals surface area contributed by atoms with Gasteiger partial charge in [-0.05, 0) is 30.5 Å². The molecule has 104 valence electrons. The number of rotatable bonds is 6. The molecule has 0 radical (unpaired) electrons. The number of carbonyl (C=O) groups is 2. The van der Waals surface area contributed by atoms with Crippen molar-refractivity contribution in [1.82, 2.24) is 5.32 Å². The monoisotopic (exact) mass is 285 g/mol. The van der Waals surface area contributed by atoms with Crippen molar-refractivity contribution < 1.29 is 19.1 Å². The Bertz CT molecular complexity index is 468. The van der Waals surface area contributed by atoms with Gasteiger partial charge in [-0.2, -0.15) is 0 Å². The number of amides is 1. The molecule has 0 aliphatic rings. The molecular weight excluding hydrogens is 269 g/mol. The minimum Gasteiger partial charge on any atom is -0.481 e. The molecule has 0 aliphatic carbocycles. The molecule has 1 rings (SSSR count). The smallest absolute Gasteiger partial charge is 0.313 e. The number of thioether (sulfide) groups is 1. The molecule has 1 aromatic carbocycles. The van der Waals surface area contributed by atoms with E-state index in [2.05, 4.69) is 5.32 Å². The molecule has 1 aromatic rings. The van der Waals surface area contributed by atoms with Gasteiger partial charge in [0.05, 0.1) is 11.5 Å². The number of nitrogens with one attached hydrogen (secondary N) is 1. The van der Waals surface area contributed by atoms with Crippen LogP contribution in [0.4, 0.5) is 4.39 Å². The lowest BCUT2D eigenvalue weighted by Gasteiger charge is -2.08. The molecule has 0 spiro atoms. The summed E-state index contributed by atoms with van der Waals surface area (Å²) in [5, 5.41) is 11.1. The number of halogens is 1. The molecule has 19 heavy (non-hydrogen) atoms. The Hall–Kier alpha value is -1.56. The Morgan fingerprint density at radius 1 is 1.26 bits per heavy atom. The van der Waals surface area contributed by atoms with E-state index in [0.29, 0.717) is 17.7 Å². The first-order valence-corrected chi connectivity index (χ1v) is 6.87. The maximum Gasteiger partial charge on any atom is 0.313 e. The van der Waals surface area contributed by atoms with Gasteiger partial charge in [0.2, 0.25) is 5.91 Å². The lowest BCUT2D eigenvalue weighted by Crippen LogP contribution is -2.25. The van der Waals surface area contributed by atoms with E-state index in [9.17, 15) is 14.0 Å². The average molecular weight is 285 g/mol. The van der Waals surface area contributed by atoms with Gasteiger partial charge in [0, 0.05) is 6.54 Å². The minimum atomic E-state index is -0.942. The van der Waals surface area contributed by atoms with Crippen molar-refractivity contribution in [2.75, 3.05) is 11.5 Å². The highest BCUT2D eigenvalue weighted by molar-refractivity contribution is 8.00. The van der Waals surface area contributed by atoms with Crippen molar-refractivity contribution in [3.63, 3.8) is 0 Å². The fourth-order valence-electron chi connectivity index (χ4n) is 1.62. The number of aryl methyl sites for hydroxylation is 2. The van der Waals surface area contributed by atoms with Crippen LogP contribution in [0.5, 0.6) is 0 Å². The van der Waals surface area contributed by atoms with Gasteiger partial charge >= 0.3 is 5.97 Å². The number of hydrogen-bond donors (Lipinski definition) is 2. The van der Waals surface area contributed by atoms with E-state index >= 15 is 0 Å². The average Bonchev–Trinajstić information content (AvgIpc) is 2.32. The maximum atomic E-state index is 13.4. The zero-order chi connectivity index (χ0) is 14.4. The Balaban J connectivity index is 2.44. The highest BCUT2D eigenvalue weighted by atomic mass is 32.2.